The number of hydrogen-bond acceptors (Lipinski definition) is 4. The lowest BCUT2D eigenvalue weighted by atomic mass is 10.0. The van der Waals surface area contributed by atoms with E-state index in [1.54, 1.807) is 24.3 Å². The topological polar surface area (TPSA) is 75.6 Å². The van der Waals surface area contributed by atoms with Gasteiger partial charge in [0.2, 0.25) is 5.91 Å². The second kappa shape index (κ2) is 6.76. The van der Waals surface area contributed by atoms with Crippen molar-refractivity contribution < 1.29 is 19.4 Å². The van der Waals surface area contributed by atoms with E-state index in [2.05, 4.69) is 5.32 Å². The van der Waals surface area contributed by atoms with E-state index in [0.717, 1.165) is 5.56 Å². The lowest BCUT2D eigenvalue weighted by Crippen LogP contribution is -2.14. The number of carbonyl (C=O) groups is 2. The van der Waals surface area contributed by atoms with Crippen molar-refractivity contribution in [3.8, 4) is 0 Å². The van der Waals surface area contributed by atoms with Crippen molar-refractivity contribution >= 4 is 17.6 Å². The van der Waals surface area contributed by atoms with Gasteiger partial charge in [-0.3, -0.25) is 9.59 Å². The van der Waals surface area contributed by atoms with Gasteiger partial charge in [0.15, 0.2) is 0 Å². The molecule has 1 unspecified atom stereocenters. The zero-order valence-electron chi connectivity index (χ0n) is 10.5. The average molecular weight is 251 g/mol. The van der Waals surface area contributed by atoms with Gasteiger partial charge in [-0.1, -0.05) is 12.1 Å². The third-order valence-corrected chi connectivity index (χ3v) is 2.41. The van der Waals surface area contributed by atoms with Gasteiger partial charge in [0.05, 0.1) is 6.61 Å². The molecule has 0 aliphatic carbocycles. The lowest BCUT2D eigenvalue weighted by molar-refractivity contribution is -0.141. The third-order valence-electron chi connectivity index (χ3n) is 2.41. The monoisotopic (exact) mass is 251 g/mol. The fourth-order valence-corrected chi connectivity index (χ4v) is 1.51. The van der Waals surface area contributed by atoms with Crippen molar-refractivity contribution in [3.05, 3.63) is 29.8 Å². The van der Waals surface area contributed by atoms with Crippen LogP contribution in [0.4, 0.5) is 5.69 Å². The van der Waals surface area contributed by atoms with Crippen LogP contribution in [0.5, 0.6) is 0 Å². The summed E-state index contributed by atoms with van der Waals surface area (Å²) in [6, 6.07) is 7.06. The number of nitrogens with one attached hydrogen (secondary N) is 1. The Labute approximate surface area is 106 Å². The molecule has 1 rings (SSSR count). The van der Waals surface area contributed by atoms with Gasteiger partial charge in [-0.25, -0.2) is 0 Å². The minimum Gasteiger partial charge on any atom is -0.465 e. The lowest BCUT2D eigenvalue weighted by Gasteiger charge is -2.14. The van der Waals surface area contributed by atoms with Gasteiger partial charge in [-0.05, 0) is 17.7 Å². The summed E-state index contributed by atoms with van der Waals surface area (Å²) in [7, 11) is 0. The molecular formula is C13H17NO4. The highest BCUT2D eigenvalue weighted by atomic mass is 16.5. The maximum Gasteiger partial charge on any atom is 0.302 e. The molecule has 0 heterocycles. The maximum atomic E-state index is 10.9. The van der Waals surface area contributed by atoms with E-state index in [1.807, 2.05) is 0 Å². The molecule has 0 bridgehead atoms. The van der Waals surface area contributed by atoms with Gasteiger partial charge in [-0.2, -0.15) is 0 Å². The Morgan fingerprint density at radius 3 is 2.33 bits per heavy atom. The van der Waals surface area contributed by atoms with Crippen LogP contribution in [0.15, 0.2) is 24.3 Å². The molecule has 5 heteroatoms. The molecule has 1 atom stereocenters. The zero-order valence-corrected chi connectivity index (χ0v) is 10.5. The van der Waals surface area contributed by atoms with Gasteiger partial charge < -0.3 is 15.2 Å². The van der Waals surface area contributed by atoms with Crippen LogP contribution in [-0.4, -0.2) is 30.2 Å². The Kier molecular flexibility index (Phi) is 5.32. The first-order chi connectivity index (χ1) is 8.52. The molecular weight excluding hydrogens is 234 g/mol. The maximum absolute atomic E-state index is 10.9. The van der Waals surface area contributed by atoms with E-state index >= 15 is 0 Å². The molecule has 0 saturated carbocycles. The highest BCUT2D eigenvalue weighted by Crippen LogP contribution is 2.18. The predicted octanol–water partition coefficient (Wildman–Crippen LogP) is 1.28. The van der Waals surface area contributed by atoms with E-state index < -0.39 is 0 Å². The zero-order chi connectivity index (χ0) is 13.5. The predicted molar refractivity (Wildman–Crippen MR) is 67.2 cm³/mol. The Morgan fingerprint density at radius 2 is 1.89 bits per heavy atom. The highest BCUT2D eigenvalue weighted by Gasteiger charge is 2.12. The van der Waals surface area contributed by atoms with Gasteiger partial charge in [-0.15, -0.1) is 0 Å². The molecule has 18 heavy (non-hydrogen) atoms. The van der Waals surface area contributed by atoms with Crippen LogP contribution in [0.2, 0.25) is 0 Å². The van der Waals surface area contributed by atoms with Crippen molar-refractivity contribution in [2.24, 2.45) is 0 Å². The molecule has 0 fully saturated rings. The van der Waals surface area contributed by atoms with Gasteiger partial charge in [0.1, 0.15) is 6.61 Å². The van der Waals surface area contributed by atoms with Crippen molar-refractivity contribution in [2.45, 2.75) is 19.8 Å². The highest BCUT2D eigenvalue weighted by molar-refractivity contribution is 5.88. The fourth-order valence-electron chi connectivity index (χ4n) is 1.51. The molecule has 0 spiro atoms. The summed E-state index contributed by atoms with van der Waals surface area (Å²) >= 11 is 0. The summed E-state index contributed by atoms with van der Waals surface area (Å²) < 4.78 is 4.88. The molecule has 98 valence electrons. The smallest absolute Gasteiger partial charge is 0.302 e. The Balaban J connectivity index is 2.69. The Bertz CT molecular complexity index is 414. The summed E-state index contributed by atoms with van der Waals surface area (Å²) in [5, 5.41) is 11.9. The van der Waals surface area contributed by atoms with Crippen LogP contribution in [0.1, 0.15) is 25.3 Å². The number of ether oxygens (including phenoxy) is 1. The number of rotatable bonds is 5. The molecule has 2 N–H and O–H groups in total. The second-order valence-corrected chi connectivity index (χ2v) is 3.99. The standard InChI is InChI=1S/C13H17NO4/c1-9(16)14-13-5-3-11(4-6-13)12(7-15)8-18-10(2)17/h3-6,12,15H,7-8H2,1-2H3,(H,14,16). The number of aliphatic hydroxyl groups is 1. The molecule has 1 amide bonds. The Hall–Kier alpha value is -1.88. The summed E-state index contributed by atoms with van der Waals surface area (Å²) in [5.41, 5.74) is 1.54. The van der Waals surface area contributed by atoms with E-state index in [9.17, 15) is 14.7 Å². The van der Waals surface area contributed by atoms with E-state index in [1.165, 1.54) is 13.8 Å². The molecule has 0 radical (unpaired) electrons. The molecule has 0 aliphatic heterocycles. The SMILES string of the molecule is CC(=O)Nc1ccc(C(CO)COC(C)=O)cc1. The number of aliphatic hydroxyl groups excluding tert-OH is 1. The largest absolute Gasteiger partial charge is 0.465 e. The Morgan fingerprint density at radius 1 is 1.28 bits per heavy atom. The van der Waals surface area contributed by atoms with Crippen molar-refractivity contribution in [2.75, 3.05) is 18.5 Å². The van der Waals surface area contributed by atoms with E-state index in [4.69, 9.17) is 4.74 Å². The number of amides is 1. The van der Waals surface area contributed by atoms with Crippen LogP contribution in [0, 0.1) is 0 Å². The first-order valence-corrected chi connectivity index (χ1v) is 5.64. The van der Waals surface area contributed by atoms with Crippen LogP contribution in [0.3, 0.4) is 0 Å². The first kappa shape index (κ1) is 14.2. The fraction of sp³-hybridized carbons (Fsp3) is 0.385. The number of esters is 1. The molecule has 1 aromatic rings. The first-order valence-electron chi connectivity index (χ1n) is 5.64. The van der Waals surface area contributed by atoms with Gasteiger partial charge in [0, 0.05) is 25.5 Å². The molecule has 5 nitrogen and oxygen atoms in total. The molecule has 0 saturated heterocycles. The van der Waals surface area contributed by atoms with Crippen molar-refractivity contribution in [1.29, 1.82) is 0 Å². The van der Waals surface area contributed by atoms with Crippen molar-refractivity contribution in [3.63, 3.8) is 0 Å². The van der Waals surface area contributed by atoms with E-state index in [-0.39, 0.29) is 31.0 Å². The van der Waals surface area contributed by atoms with Crippen LogP contribution < -0.4 is 5.32 Å². The quantitative estimate of drug-likeness (QED) is 0.773. The van der Waals surface area contributed by atoms with E-state index in [0.29, 0.717) is 5.69 Å². The summed E-state index contributed by atoms with van der Waals surface area (Å²) in [4.78, 5) is 21.6. The number of benzene rings is 1. The van der Waals surface area contributed by atoms with Gasteiger partial charge in [0.25, 0.3) is 0 Å². The normalized spacial score (nSPS) is 11.7. The molecule has 0 aromatic heterocycles. The van der Waals surface area contributed by atoms with Crippen molar-refractivity contribution in [1.82, 2.24) is 0 Å². The minimum atomic E-state index is -0.372. The molecule has 0 aliphatic rings. The summed E-state index contributed by atoms with van der Waals surface area (Å²) in [6.07, 6.45) is 0. The summed E-state index contributed by atoms with van der Waals surface area (Å²) in [5.74, 6) is -0.759. The second-order valence-electron chi connectivity index (χ2n) is 3.99. The number of anilines is 1. The number of carbonyl (C=O) groups excluding carboxylic acids is 2. The minimum absolute atomic E-state index is 0.104. The summed E-state index contributed by atoms with van der Waals surface area (Å²) in [6.45, 7) is 2.80. The van der Waals surface area contributed by atoms with Crippen LogP contribution >= 0.6 is 0 Å². The van der Waals surface area contributed by atoms with Crippen LogP contribution in [0.25, 0.3) is 0 Å². The third kappa shape index (κ3) is 4.55. The van der Waals surface area contributed by atoms with Crippen LogP contribution in [-0.2, 0) is 14.3 Å². The number of hydrogen-bond donors (Lipinski definition) is 2. The average Bonchev–Trinajstić information content (AvgIpc) is 2.31. The molecule has 1 aromatic carbocycles. The van der Waals surface area contributed by atoms with Gasteiger partial charge >= 0.3 is 5.97 Å².